The molecule has 7 heteroatoms. The molecule has 1 aromatic heterocycles. The zero-order valence-electron chi connectivity index (χ0n) is 12.1. The maximum atomic E-state index is 11.7. The fourth-order valence-corrected chi connectivity index (χ4v) is 3.86. The second-order valence-electron chi connectivity index (χ2n) is 5.17. The summed E-state index contributed by atoms with van der Waals surface area (Å²) in [6.07, 6.45) is 0.566. The molecule has 1 heterocycles. The van der Waals surface area contributed by atoms with Crippen molar-refractivity contribution in [2.45, 2.75) is 26.0 Å². The summed E-state index contributed by atoms with van der Waals surface area (Å²) in [5.41, 5.74) is 0. The summed E-state index contributed by atoms with van der Waals surface area (Å²) in [7, 11) is 0. The van der Waals surface area contributed by atoms with E-state index >= 15 is 0 Å². The van der Waals surface area contributed by atoms with Gasteiger partial charge in [-0.25, -0.2) is 0 Å². The van der Waals surface area contributed by atoms with Crippen LogP contribution in [0.3, 0.4) is 0 Å². The van der Waals surface area contributed by atoms with Gasteiger partial charge in [-0.05, 0) is 24.5 Å². The lowest BCUT2D eigenvalue weighted by atomic mass is 9.97. The SMILES string of the molecule is CC(C)CC(CNC(=O)CSCc1ccc(Cl)s1)C(=O)O. The summed E-state index contributed by atoms with van der Waals surface area (Å²) < 4.78 is 0.744. The molecule has 0 aliphatic rings. The number of rotatable bonds is 9. The molecule has 4 nitrogen and oxygen atoms in total. The second-order valence-corrected chi connectivity index (χ2v) is 7.95. The van der Waals surface area contributed by atoms with E-state index < -0.39 is 11.9 Å². The monoisotopic (exact) mass is 349 g/mol. The number of amides is 1. The molecule has 2 N–H and O–H groups in total. The van der Waals surface area contributed by atoms with Crippen LogP contribution >= 0.6 is 34.7 Å². The average molecular weight is 350 g/mol. The molecule has 0 aromatic carbocycles. The largest absolute Gasteiger partial charge is 0.481 e. The lowest BCUT2D eigenvalue weighted by molar-refractivity contribution is -0.142. The van der Waals surface area contributed by atoms with Gasteiger partial charge in [-0.3, -0.25) is 9.59 Å². The molecule has 118 valence electrons. The van der Waals surface area contributed by atoms with Gasteiger partial charge in [0.05, 0.1) is 16.0 Å². The van der Waals surface area contributed by atoms with Crippen molar-refractivity contribution in [2.24, 2.45) is 11.8 Å². The molecule has 1 amide bonds. The third-order valence-electron chi connectivity index (χ3n) is 2.76. The van der Waals surface area contributed by atoms with Gasteiger partial charge in [0.2, 0.25) is 5.91 Å². The Morgan fingerprint density at radius 1 is 1.43 bits per heavy atom. The highest BCUT2D eigenvalue weighted by atomic mass is 35.5. The van der Waals surface area contributed by atoms with Gasteiger partial charge in [0, 0.05) is 17.2 Å². The molecule has 21 heavy (non-hydrogen) atoms. The number of hydrogen-bond acceptors (Lipinski definition) is 4. The predicted molar refractivity (Wildman–Crippen MR) is 89.1 cm³/mol. The molecule has 0 bridgehead atoms. The van der Waals surface area contributed by atoms with E-state index in [0.717, 1.165) is 15.0 Å². The summed E-state index contributed by atoms with van der Waals surface area (Å²) in [5.74, 6) is -0.151. The van der Waals surface area contributed by atoms with E-state index in [1.807, 2.05) is 26.0 Å². The van der Waals surface area contributed by atoms with Crippen LogP contribution in [0.4, 0.5) is 0 Å². The van der Waals surface area contributed by atoms with Gasteiger partial charge >= 0.3 is 5.97 Å². The standard InChI is InChI=1S/C14H20ClNO3S2/c1-9(2)5-10(14(18)19)6-16-13(17)8-20-7-11-3-4-12(15)21-11/h3-4,9-10H,5-8H2,1-2H3,(H,16,17)(H,18,19). The van der Waals surface area contributed by atoms with E-state index in [-0.39, 0.29) is 12.5 Å². The first kappa shape index (κ1) is 18.3. The maximum absolute atomic E-state index is 11.7. The zero-order valence-corrected chi connectivity index (χ0v) is 14.5. The number of carbonyl (C=O) groups excluding carboxylic acids is 1. The fourth-order valence-electron chi connectivity index (χ4n) is 1.80. The Bertz CT molecular complexity index is 477. The average Bonchev–Trinajstić information content (AvgIpc) is 2.79. The van der Waals surface area contributed by atoms with Crippen LogP contribution in [-0.2, 0) is 15.3 Å². The van der Waals surface area contributed by atoms with Crippen LogP contribution < -0.4 is 5.32 Å². The molecular formula is C14H20ClNO3S2. The normalized spacial score (nSPS) is 12.4. The molecule has 1 rings (SSSR count). The molecule has 1 atom stereocenters. The predicted octanol–water partition coefficient (Wildman–Crippen LogP) is 3.50. The third-order valence-corrected chi connectivity index (χ3v) is 5.15. The Kier molecular flexibility index (Phi) is 8.14. The van der Waals surface area contributed by atoms with Gasteiger partial charge in [-0.15, -0.1) is 23.1 Å². The first-order chi connectivity index (χ1) is 9.88. The number of hydrogen-bond donors (Lipinski definition) is 2. The minimum absolute atomic E-state index is 0.127. The molecule has 1 unspecified atom stereocenters. The first-order valence-electron chi connectivity index (χ1n) is 6.70. The van der Waals surface area contributed by atoms with Gasteiger partial charge in [-0.1, -0.05) is 25.4 Å². The number of thiophene rings is 1. The van der Waals surface area contributed by atoms with E-state index in [2.05, 4.69) is 5.32 Å². The van der Waals surface area contributed by atoms with Crippen molar-refractivity contribution in [3.8, 4) is 0 Å². The number of carboxylic acids is 1. The molecular weight excluding hydrogens is 330 g/mol. The Hall–Kier alpha value is -0.720. The summed E-state index contributed by atoms with van der Waals surface area (Å²) in [6.45, 7) is 4.14. The smallest absolute Gasteiger partial charge is 0.308 e. The lowest BCUT2D eigenvalue weighted by Gasteiger charge is -2.15. The number of carbonyl (C=O) groups is 2. The molecule has 0 saturated heterocycles. The number of carboxylic acid groups (broad SMARTS) is 1. The van der Waals surface area contributed by atoms with Crippen molar-refractivity contribution in [3.63, 3.8) is 0 Å². The Morgan fingerprint density at radius 3 is 2.67 bits per heavy atom. The molecule has 1 aromatic rings. The topological polar surface area (TPSA) is 66.4 Å². The van der Waals surface area contributed by atoms with Gasteiger partial charge in [0.25, 0.3) is 0 Å². The van der Waals surface area contributed by atoms with Gasteiger partial charge in [-0.2, -0.15) is 0 Å². The number of thioether (sulfide) groups is 1. The molecule has 0 aliphatic carbocycles. The van der Waals surface area contributed by atoms with Crippen molar-refractivity contribution in [1.82, 2.24) is 5.32 Å². The highest BCUT2D eigenvalue weighted by Crippen LogP contribution is 2.25. The molecule has 0 spiro atoms. The van der Waals surface area contributed by atoms with E-state index in [1.165, 1.54) is 23.1 Å². The van der Waals surface area contributed by atoms with Crippen molar-refractivity contribution in [3.05, 3.63) is 21.3 Å². The van der Waals surface area contributed by atoms with Crippen LogP contribution in [0, 0.1) is 11.8 Å². The minimum Gasteiger partial charge on any atom is -0.481 e. The van der Waals surface area contributed by atoms with Gasteiger partial charge in [0.15, 0.2) is 0 Å². The number of aliphatic carboxylic acids is 1. The summed E-state index contributed by atoms with van der Waals surface area (Å²) in [5, 5.41) is 11.8. The summed E-state index contributed by atoms with van der Waals surface area (Å²) >= 11 is 8.83. The van der Waals surface area contributed by atoms with Crippen molar-refractivity contribution in [2.75, 3.05) is 12.3 Å². The Morgan fingerprint density at radius 2 is 2.14 bits per heavy atom. The summed E-state index contributed by atoms with van der Waals surface area (Å²) in [6, 6.07) is 3.78. The number of halogens is 1. The Balaban J connectivity index is 2.24. The fraction of sp³-hybridized carbons (Fsp3) is 0.571. The van der Waals surface area contributed by atoms with Gasteiger partial charge < -0.3 is 10.4 Å². The van der Waals surface area contributed by atoms with E-state index in [0.29, 0.717) is 18.1 Å². The second kappa shape index (κ2) is 9.33. The quantitative estimate of drug-likeness (QED) is 0.716. The molecule has 0 radical (unpaired) electrons. The highest BCUT2D eigenvalue weighted by molar-refractivity contribution is 7.99. The van der Waals surface area contributed by atoms with Crippen molar-refractivity contribution >= 4 is 46.6 Å². The van der Waals surface area contributed by atoms with Gasteiger partial charge in [0.1, 0.15) is 0 Å². The Labute approximate surface area is 138 Å². The lowest BCUT2D eigenvalue weighted by Crippen LogP contribution is -2.34. The molecule has 0 aliphatic heterocycles. The zero-order chi connectivity index (χ0) is 15.8. The van der Waals surface area contributed by atoms with Crippen molar-refractivity contribution < 1.29 is 14.7 Å². The molecule has 0 fully saturated rings. The first-order valence-corrected chi connectivity index (χ1v) is 9.05. The summed E-state index contributed by atoms with van der Waals surface area (Å²) in [4.78, 5) is 23.9. The molecule has 0 saturated carbocycles. The third kappa shape index (κ3) is 7.74. The van der Waals surface area contributed by atoms with E-state index in [9.17, 15) is 9.59 Å². The van der Waals surface area contributed by atoms with E-state index in [4.69, 9.17) is 16.7 Å². The van der Waals surface area contributed by atoms with Crippen LogP contribution in [0.5, 0.6) is 0 Å². The highest BCUT2D eigenvalue weighted by Gasteiger charge is 2.19. The van der Waals surface area contributed by atoms with Crippen LogP contribution in [0.2, 0.25) is 4.34 Å². The van der Waals surface area contributed by atoms with Crippen molar-refractivity contribution in [1.29, 1.82) is 0 Å². The minimum atomic E-state index is -0.857. The van der Waals surface area contributed by atoms with Crippen LogP contribution in [0.1, 0.15) is 25.1 Å². The van der Waals surface area contributed by atoms with Crippen LogP contribution in [0.15, 0.2) is 12.1 Å². The number of nitrogens with one attached hydrogen (secondary N) is 1. The van der Waals surface area contributed by atoms with E-state index in [1.54, 1.807) is 0 Å². The maximum Gasteiger partial charge on any atom is 0.308 e. The van der Waals surface area contributed by atoms with Crippen LogP contribution in [0.25, 0.3) is 0 Å². The van der Waals surface area contributed by atoms with Crippen LogP contribution in [-0.4, -0.2) is 29.3 Å².